The van der Waals surface area contributed by atoms with Gasteiger partial charge in [0.1, 0.15) is 4.60 Å². The maximum Gasteiger partial charge on any atom is 0.113 e. The smallest absolute Gasteiger partial charge is 0.113 e. The molecule has 0 spiro atoms. The SMILES string of the molecule is Clc1cccc(/C(Br)=C/c2cccnc2Br)c1. The zero-order valence-corrected chi connectivity index (χ0v) is 12.6. The molecule has 0 radical (unpaired) electrons. The predicted octanol–water partition coefficient (Wildman–Crippen LogP) is 5.39. The molecule has 2 rings (SSSR count). The highest BCUT2D eigenvalue weighted by Gasteiger charge is 2.01. The first-order valence-electron chi connectivity index (χ1n) is 4.90. The largest absolute Gasteiger partial charge is 0.249 e. The average Bonchev–Trinajstić information content (AvgIpc) is 2.32. The first kappa shape index (κ1) is 12.8. The van der Waals surface area contributed by atoms with E-state index >= 15 is 0 Å². The summed E-state index contributed by atoms with van der Waals surface area (Å²) in [5.74, 6) is 0. The van der Waals surface area contributed by atoms with E-state index < -0.39 is 0 Å². The zero-order chi connectivity index (χ0) is 12.3. The van der Waals surface area contributed by atoms with E-state index in [1.165, 1.54) is 0 Å². The lowest BCUT2D eigenvalue weighted by Crippen LogP contribution is -1.81. The first-order chi connectivity index (χ1) is 8.16. The number of hydrogen-bond donors (Lipinski definition) is 0. The molecule has 0 unspecified atom stereocenters. The Labute approximate surface area is 122 Å². The minimum absolute atomic E-state index is 0.720. The Balaban J connectivity index is 2.38. The van der Waals surface area contributed by atoms with Gasteiger partial charge in [-0.2, -0.15) is 0 Å². The molecule has 1 aromatic heterocycles. The molecule has 0 bridgehead atoms. The summed E-state index contributed by atoms with van der Waals surface area (Å²) in [6.07, 6.45) is 3.75. The molecule has 1 heterocycles. The average molecular weight is 373 g/mol. The van der Waals surface area contributed by atoms with Gasteiger partial charge in [0.25, 0.3) is 0 Å². The third-order valence-electron chi connectivity index (χ3n) is 2.17. The van der Waals surface area contributed by atoms with Gasteiger partial charge in [-0.3, -0.25) is 0 Å². The van der Waals surface area contributed by atoms with Gasteiger partial charge in [-0.05, 0) is 45.8 Å². The Morgan fingerprint density at radius 3 is 2.76 bits per heavy atom. The van der Waals surface area contributed by atoms with Crippen molar-refractivity contribution in [2.45, 2.75) is 0 Å². The second-order valence-electron chi connectivity index (χ2n) is 3.39. The topological polar surface area (TPSA) is 12.9 Å². The fraction of sp³-hybridized carbons (Fsp3) is 0. The van der Waals surface area contributed by atoms with Crippen molar-refractivity contribution in [2.75, 3.05) is 0 Å². The van der Waals surface area contributed by atoms with Gasteiger partial charge in [-0.1, -0.05) is 45.7 Å². The van der Waals surface area contributed by atoms with Crippen LogP contribution in [0.2, 0.25) is 5.02 Å². The van der Waals surface area contributed by atoms with Crippen LogP contribution in [-0.2, 0) is 0 Å². The molecule has 0 saturated heterocycles. The van der Waals surface area contributed by atoms with Crippen molar-refractivity contribution in [2.24, 2.45) is 0 Å². The highest BCUT2D eigenvalue weighted by Crippen LogP contribution is 2.27. The fourth-order valence-electron chi connectivity index (χ4n) is 1.36. The lowest BCUT2D eigenvalue weighted by atomic mass is 10.2. The van der Waals surface area contributed by atoms with Crippen molar-refractivity contribution in [1.29, 1.82) is 0 Å². The summed E-state index contributed by atoms with van der Waals surface area (Å²) >= 11 is 12.9. The van der Waals surface area contributed by atoms with E-state index in [4.69, 9.17) is 11.6 Å². The number of hydrogen-bond acceptors (Lipinski definition) is 1. The number of halogens is 3. The van der Waals surface area contributed by atoms with Crippen LogP contribution in [-0.4, -0.2) is 4.98 Å². The van der Waals surface area contributed by atoms with Crippen molar-refractivity contribution in [3.05, 3.63) is 63.3 Å². The standard InChI is InChI=1S/C13H8Br2ClN/c14-12(9-3-1-5-11(16)7-9)8-10-4-2-6-17-13(10)15/h1-8H/b12-8-. The second-order valence-corrected chi connectivity index (χ2v) is 5.43. The van der Waals surface area contributed by atoms with E-state index in [1.54, 1.807) is 6.20 Å². The molecule has 2 aromatic rings. The quantitative estimate of drug-likeness (QED) is 0.643. The van der Waals surface area contributed by atoms with Crippen LogP contribution in [0.3, 0.4) is 0 Å². The zero-order valence-electron chi connectivity index (χ0n) is 8.70. The van der Waals surface area contributed by atoms with Gasteiger partial charge in [0.15, 0.2) is 0 Å². The first-order valence-corrected chi connectivity index (χ1v) is 6.87. The van der Waals surface area contributed by atoms with Gasteiger partial charge < -0.3 is 0 Å². The molecule has 0 aliphatic rings. The van der Waals surface area contributed by atoms with Crippen molar-refractivity contribution in [3.63, 3.8) is 0 Å². The number of rotatable bonds is 2. The third-order valence-corrected chi connectivity index (χ3v) is 3.75. The molecule has 0 fully saturated rings. The number of nitrogens with zero attached hydrogens (tertiary/aromatic N) is 1. The maximum atomic E-state index is 5.95. The molecule has 4 heteroatoms. The normalized spacial score (nSPS) is 11.6. The van der Waals surface area contributed by atoms with Gasteiger partial charge in [-0.15, -0.1) is 0 Å². The van der Waals surface area contributed by atoms with E-state index in [2.05, 4.69) is 36.8 Å². The molecule has 0 saturated carbocycles. The predicted molar refractivity (Wildman–Crippen MR) is 80.2 cm³/mol. The molecule has 0 aliphatic carbocycles. The number of benzene rings is 1. The van der Waals surface area contributed by atoms with E-state index in [1.807, 2.05) is 42.5 Å². The van der Waals surface area contributed by atoms with Crippen LogP contribution in [0.4, 0.5) is 0 Å². The Morgan fingerprint density at radius 1 is 1.24 bits per heavy atom. The molecule has 0 aliphatic heterocycles. The molecule has 17 heavy (non-hydrogen) atoms. The van der Waals surface area contributed by atoms with Crippen LogP contribution in [0.1, 0.15) is 11.1 Å². The third kappa shape index (κ3) is 3.41. The summed E-state index contributed by atoms with van der Waals surface area (Å²) < 4.78 is 1.78. The van der Waals surface area contributed by atoms with Crippen molar-refractivity contribution in [3.8, 4) is 0 Å². The van der Waals surface area contributed by atoms with Crippen LogP contribution >= 0.6 is 43.5 Å². The van der Waals surface area contributed by atoms with Crippen molar-refractivity contribution >= 4 is 54.0 Å². The van der Waals surface area contributed by atoms with Crippen molar-refractivity contribution < 1.29 is 0 Å². The molecular weight excluding hydrogens is 365 g/mol. The fourth-order valence-corrected chi connectivity index (χ4v) is 2.41. The Hall–Kier alpha value is -0.640. The number of pyridine rings is 1. The summed E-state index contributed by atoms with van der Waals surface area (Å²) in [7, 11) is 0. The van der Waals surface area contributed by atoms with Crippen LogP contribution in [0.25, 0.3) is 10.6 Å². The van der Waals surface area contributed by atoms with Gasteiger partial charge in [-0.25, -0.2) is 4.98 Å². The Morgan fingerprint density at radius 2 is 2.06 bits per heavy atom. The Bertz CT molecular complexity index is 567. The lowest BCUT2D eigenvalue weighted by Gasteiger charge is -2.02. The monoisotopic (exact) mass is 371 g/mol. The molecular formula is C13H8Br2ClN. The van der Waals surface area contributed by atoms with Gasteiger partial charge in [0.2, 0.25) is 0 Å². The molecule has 1 aromatic carbocycles. The molecule has 86 valence electrons. The molecule has 0 amide bonds. The van der Waals surface area contributed by atoms with Gasteiger partial charge in [0.05, 0.1) is 0 Å². The minimum Gasteiger partial charge on any atom is -0.249 e. The van der Waals surface area contributed by atoms with Crippen molar-refractivity contribution in [1.82, 2.24) is 4.98 Å². The lowest BCUT2D eigenvalue weighted by molar-refractivity contribution is 1.26. The van der Waals surface area contributed by atoms with E-state index in [9.17, 15) is 0 Å². The summed E-state index contributed by atoms with van der Waals surface area (Å²) in [6.45, 7) is 0. The molecule has 0 atom stereocenters. The number of aromatic nitrogens is 1. The van der Waals surface area contributed by atoms with Crippen LogP contribution in [0.5, 0.6) is 0 Å². The maximum absolute atomic E-state index is 5.95. The van der Waals surface area contributed by atoms with Crippen LogP contribution in [0.15, 0.2) is 47.2 Å². The highest BCUT2D eigenvalue weighted by molar-refractivity contribution is 9.15. The summed E-state index contributed by atoms with van der Waals surface area (Å²) in [6, 6.07) is 11.6. The summed E-state index contributed by atoms with van der Waals surface area (Å²) in [5.41, 5.74) is 2.05. The minimum atomic E-state index is 0.720. The highest BCUT2D eigenvalue weighted by atomic mass is 79.9. The van der Waals surface area contributed by atoms with Gasteiger partial charge >= 0.3 is 0 Å². The molecule has 0 N–H and O–H groups in total. The molecule has 1 nitrogen and oxygen atoms in total. The summed E-state index contributed by atoms with van der Waals surface area (Å²) in [5, 5.41) is 0.720. The summed E-state index contributed by atoms with van der Waals surface area (Å²) in [4.78, 5) is 4.17. The van der Waals surface area contributed by atoms with Gasteiger partial charge in [0, 0.05) is 21.3 Å². The van der Waals surface area contributed by atoms with E-state index in [-0.39, 0.29) is 0 Å². The second kappa shape index (κ2) is 5.80. The van der Waals surface area contributed by atoms with E-state index in [0.717, 1.165) is 25.2 Å². The van der Waals surface area contributed by atoms with Crippen LogP contribution in [0, 0.1) is 0 Å². The Kier molecular flexibility index (Phi) is 4.37. The van der Waals surface area contributed by atoms with Crippen LogP contribution < -0.4 is 0 Å². The van der Waals surface area contributed by atoms with E-state index in [0.29, 0.717) is 0 Å².